The average Bonchev–Trinajstić information content (AvgIpc) is 3.42. The van der Waals surface area contributed by atoms with E-state index in [1.165, 1.54) is 0 Å². The number of carboxylic acid groups (broad SMARTS) is 2. The van der Waals surface area contributed by atoms with E-state index in [1.807, 2.05) is 12.1 Å². The Hall–Kier alpha value is -2.36. The third kappa shape index (κ3) is 10.3. The number of ether oxygens (including phenoxy) is 2. The summed E-state index contributed by atoms with van der Waals surface area (Å²) < 4.78 is 80.7. The third-order valence-electron chi connectivity index (χ3n) is 4.75. The zero-order valence-electron chi connectivity index (χ0n) is 18.3. The second kappa shape index (κ2) is 12.9. The fourth-order valence-electron chi connectivity index (χ4n) is 3.14. The molecule has 2 aliphatic rings. The Morgan fingerprint density at radius 2 is 1.68 bits per heavy atom. The molecule has 0 unspecified atom stereocenters. The molecule has 0 amide bonds. The number of likely N-dealkylation sites (N-methyl/N-ethyl adjacent to an activating group) is 1. The smallest absolute Gasteiger partial charge is 0.475 e. The van der Waals surface area contributed by atoms with Gasteiger partial charge in [0.1, 0.15) is 5.76 Å². The normalized spacial score (nSPS) is 22.4. The van der Waals surface area contributed by atoms with Crippen LogP contribution in [0, 0.1) is 5.92 Å². The molecule has 3 rings (SSSR count). The summed E-state index contributed by atoms with van der Waals surface area (Å²) >= 11 is 0. The van der Waals surface area contributed by atoms with E-state index in [0.29, 0.717) is 12.0 Å². The highest BCUT2D eigenvalue weighted by Gasteiger charge is 2.46. The number of carboxylic acids is 2. The second-order valence-corrected chi connectivity index (χ2v) is 7.60. The van der Waals surface area contributed by atoms with Crippen LogP contribution in [-0.4, -0.2) is 103 Å². The Balaban J connectivity index is 0.000000343. The number of halogens is 6. The van der Waals surface area contributed by atoms with Gasteiger partial charge in [-0.15, -0.1) is 0 Å². The highest BCUT2D eigenvalue weighted by Crippen LogP contribution is 2.33. The monoisotopic (exact) mass is 508 g/mol. The molecular weight excluding hydrogens is 482 g/mol. The van der Waals surface area contributed by atoms with E-state index in [9.17, 15) is 26.3 Å². The minimum atomic E-state index is -5.08. The molecule has 3 heterocycles. The van der Waals surface area contributed by atoms with E-state index < -0.39 is 24.3 Å². The van der Waals surface area contributed by atoms with Crippen molar-refractivity contribution in [1.29, 1.82) is 0 Å². The molecule has 0 aliphatic carbocycles. The molecular formula is C19H26F6N2O7. The molecule has 196 valence electrons. The maximum Gasteiger partial charge on any atom is 0.490 e. The third-order valence-corrected chi connectivity index (χ3v) is 4.75. The summed E-state index contributed by atoms with van der Waals surface area (Å²) in [4.78, 5) is 22.4. The van der Waals surface area contributed by atoms with E-state index in [1.54, 1.807) is 6.26 Å². The van der Waals surface area contributed by atoms with E-state index in [0.717, 1.165) is 45.2 Å². The maximum absolute atomic E-state index is 10.6. The first-order chi connectivity index (χ1) is 15.6. The molecule has 0 aromatic carbocycles. The van der Waals surface area contributed by atoms with Gasteiger partial charge >= 0.3 is 24.3 Å². The van der Waals surface area contributed by atoms with Crippen molar-refractivity contribution < 1.29 is 60.0 Å². The minimum Gasteiger partial charge on any atom is -0.475 e. The Labute approximate surface area is 190 Å². The number of fused-ring (bicyclic) bond motifs is 1. The van der Waals surface area contributed by atoms with Gasteiger partial charge in [-0.2, -0.15) is 26.3 Å². The summed E-state index contributed by atoms with van der Waals surface area (Å²) in [6, 6.07) is 4.45. The van der Waals surface area contributed by atoms with Crippen molar-refractivity contribution in [2.75, 3.05) is 47.0 Å². The summed E-state index contributed by atoms with van der Waals surface area (Å²) in [5, 5.41) is 14.2. The molecule has 2 aliphatic heterocycles. The predicted octanol–water partition coefficient (Wildman–Crippen LogP) is 2.32. The van der Waals surface area contributed by atoms with Crippen molar-refractivity contribution in [1.82, 2.24) is 9.80 Å². The van der Waals surface area contributed by atoms with Crippen molar-refractivity contribution in [2.24, 2.45) is 5.92 Å². The van der Waals surface area contributed by atoms with E-state index in [4.69, 9.17) is 33.7 Å². The van der Waals surface area contributed by atoms with Crippen molar-refractivity contribution in [3.05, 3.63) is 24.2 Å². The number of furan rings is 1. The molecule has 3 atom stereocenters. The molecule has 0 spiro atoms. The molecule has 15 heteroatoms. The van der Waals surface area contributed by atoms with Crippen molar-refractivity contribution >= 4 is 11.9 Å². The molecule has 0 bridgehead atoms. The van der Waals surface area contributed by atoms with E-state index in [2.05, 4.69) is 23.9 Å². The standard InChI is InChI=1S/C15H24N2O3.2C2HF3O2/c1-16(2)5-7-20-15-9-17(8-12-4-3-6-19-12)14-11-18-10-13(14)15;2*3-2(4,5)1(6)7/h3-4,6,13-15H,5,7-11H2,1-2H3;2*(H,6,7)/t13-,14+,15-;;/m0../s1. The summed E-state index contributed by atoms with van der Waals surface area (Å²) in [5.41, 5.74) is 0. The number of hydrogen-bond acceptors (Lipinski definition) is 7. The first-order valence-electron chi connectivity index (χ1n) is 9.83. The van der Waals surface area contributed by atoms with Crippen LogP contribution < -0.4 is 0 Å². The molecule has 2 fully saturated rings. The predicted molar refractivity (Wildman–Crippen MR) is 103 cm³/mol. The Morgan fingerprint density at radius 1 is 1.12 bits per heavy atom. The van der Waals surface area contributed by atoms with Gasteiger partial charge in [-0.3, -0.25) is 4.90 Å². The lowest BCUT2D eigenvalue weighted by Crippen LogP contribution is -2.32. The van der Waals surface area contributed by atoms with Crippen molar-refractivity contribution in [2.45, 2.75) is 31.0 Å². The van der Waals surface area contributed by atoms with Gasteiger partial charge in [0.2, 0.25) is 0 Å². The van der Waals surface area contributed by atoms with Crippen LogP contribution in [0.4, 0.5) is 26.3 Å². The average molecular weight is 508 g/mol. The Morgan fingerprint density at radius 3 is 2.12 bits per heavy atom. The molecule has 1 aromatic heterocycles. The Kier molecular flexibility index (Phi) is 11.3. The summed E-state index contributed by atoms with van der Waals surface area (Å²) in [6.07, 6.45) is -8.14. The topological polar surface area (TPSA) is 113 Å². The van der Waals surface area contributed by atoms with Crippen molar-refractivity contribution in [3.63, 3.8) is 0 Å². The molecule has 9 nitrogen and oxygen atoms in total. The van der Waals surface area contributed by atoms with Gasteiger partial charge in [-0.25, -0.2) is 9.59 Å². The van der Waals surface area contributed by atoms with Gasteiger partial charge < -0.3 is 29.0 Å². The molecule has 34 heavy (non-hydrogen) atoms. The van der Waals surface area contributed by atoms with Crippen LogP contribution in [0.3, 0.4) is 0 Å². The zero-order valence-corrected chi connectivity index (χ0v) is 18.3. The van der Waals surface area contributed by atoms with Crippen LogP contribution in [0.2, 0.25) is 0 Å². The van der Waals surface area contributed by atoms with Crippen LogP contribution in [0.1, 0.15) is 5.76 Å². The molecule has 1 aromatic rings. The van der Waals surface area contributed by atoms with E-state index in [-0.39, 0.29) is 6.10 Å². The number of nitrogens with zero attached hydrogens (tertiary/aromatic N) is 2. The van der Waals surface area contributed by atoms with Crippen LogP contribution in [-0.2, 0) is 25.6 Å². The van der Waals surface area contributed by atoms with Gasteiger partial charge in [0.15, 0.2) is 0 Å². The number of likely N-dealkylation sites (tertiary alicyclic amines) is 1. The first kappa shape index (κ1) is 29.7. The van der Waals surface area contributed by atoms with Crippen molar-refractivity contribution in [3.8, 4) is 0 Å². The van der Waals surface area contributed by atoms with Crippen LogP contribution in [0.25, 0.3) is 0 Å². The summed E-state index contributed by atoms with van der Waals surface area (Å²) in [5.74, 6) is -3.99. The van der Waals surface area contributed by atoms with Gasteiger partial charge in [0.05, 0.1) is 38.7 Å². The van der Waals surface area contributed by atoms with Crippen LogP contribution in [0.5, 0.6) is 0 Å². The fraction of sp³-hybridized carbons (Fsp3) is 0.684. The van der Waals surface area contributed by atoms with Gasteiger partial charge in [0, 0.05) is 25.0 Å². The summed E-state index contributed by atoms with van der Waals surface area (Å²) in [7, 11) is 4.14. The van der Waals surface area contributed by atoms with Gasteiger partial charge in [0.25, 0.3) is 0 Å². The maximum atomic E-state index is 10.6. The minimum absolute atomic E-state index is 0.289. The lowest BCUT2D eigenvalue weighted by molar-refractivity contribution is -0.193. The fourth-order valence-corrected chi connectivity index (χ4v) is 3.14. The number of alkyl halides is 6. The SMILES string of the molecule is CN(C)CCO[C@H]1CN(Cc2ccco2)[C@@H]2COC[C@H]12.O=C(O)C(F)(F)F.O=C(O)C(F)(F)F. The van der Waals surface area contributed by atoms with Crippen LogP contribution >= 0.6 is 0 Å². The quantitative estimate of drug-likeness (QED) is 0.559. The largest absolute Gasteiger partial charge is 0.490 e. The molecule has 2 saturated heterocycles. The Bertz CT molecular complexity index is 731. The summed E-state index contributed by atoms with van der Waals surface area (Å²) in [6.45, 7) is 5.23. The lowest BCUT2D eigenvalue weighted by Gasteiger charge is -2.20. The highest BCUT2D eigenvalue weighted by molar-refractivity contribution is 5.73. The van der Waals surface area contributed by atoms with Gasteiger partial charge in [-0.1, -0.05) is 0 Å². The molecule has 0 saturated carbocycles. The van der Waals surface area contributed by atoms with Gasteiger partial charge in [-0.05, 0) is 26.2 Å². The highest BCUT2D eigenvalue weighted by atomic mass is 19.4. The number of carbonyl (C=O) groups is 2. The van der Waals surface area contributed by atoms with E-state index >= 15 is 0 Å². The zero-order chi connectivity index (χ0) is 26.1. The lowest BCUT2D eigenvalue weighted by atomic mass is 10.0. The molecule has 0 radical (unpaired) electrons. The number of hydrogen-bond donors (Lipinski definition) is 2. The number of rotatable bonds is 6. The van der Waals surface area contributed by atoms with Crippen LogP contribution in [0.15, 0.2) is 22.8 Å². The first-order valence-corrected chi connectivity index (χ1v) is 9.83. The molecule has 2 N–H and O–H groups in total. The second-order valence-electron chi connectivity index (χ2n) is 7.60. The number of aliphatic carboxylic acids is 2.